The fraction of sp³-hybridized carbons (Fsp3) is 0.750. The summed E-state index contributed by atoms with van der Waals surface area (Å²) in [6.07, 6.45) is -1.70. The van der Waals surface area contributed by atoms with Crippen molar-refractivity contribution in [2.75, 3.05) is 0 Å². The van der Waals surface area contributed by atoms with E-state index >= 15 is 0 Å². The Morgan fingerprint density at radius 3 is 1.80 bits per heavy atom. The van der Waals surface area contributed by atoms with Crippen LogP contribution in [0.5, 0.6) is 0 Å². The van der Waals surface area contributed by atoms with Gasteiger partial charge in [0.15, 0.2) is 0 Å². The third kappa shape index (κ3) is 2.87. The summed E-state index contributed by atoms with van der Waals surface area (Å²) < 4.78 is 0. The smallest absolute Gasteiger partial charge is 0.366 e. The normalized spacial score (nSPS) is 13.6. The van der Waals surface area contributed by atoms with Crippen molar-refractivity contribution in [2.45, 2.75) is 18.8 Å². The van der Waals surface area contributed by atoms with E-state index in [0.717, 1.165) is 6.92 Å². The molecule has 0 spiro atoms. The topological polar surface area (TPSA) is 98.0 Å². The maximum absolute atomic E-state index is 9.80. The van der Waals surface area contributed by atoms with Gasteiger partial charge in [0, 0.05) is 25.8 Å². The van der Waals surface area contributed by atoms with Gasteiger partial charge in [0.1, 0.15) is 6.10 Å². The molecule has 0 heterocycles. The van der Waals surface area contributed by atoms with Crippen LogP contribution in [0.25, 0.3) is 0 Å². The van der Waals surface area contributed by atoms with Gasteiger partial charge in [0.05, 0.1) is 0 Å². The molecular weight excluding hydrogens is 307 g/mol. The first kappa shape index (κ1) is 12.9. The number of carboxylic acid groups (broad SMARTS) is 1. The van der Waals surface area contributed by atoms with Gasteiger partial charge in [-0.3, -0.25) is 0 Å². The molecule has 0 fully saturated rings. The summed E-state index contributed by atoms with van der Waals surface area (Å²) in [6, 6.07) is 0. The monoisotopic (exact) mass is 316 g/mol. The molecule has 1 atom stereocenters. The first-order chi connectivity index (χ1) is 3.89. The van der Waals surface area contributed by atoms with Crippen LogP contribution in [0.3, 0.4) is 0 Å². The van der Waals surface area contributed by atoms with E-state index in [1.807, 2.05) is 0 Å². The van der Waals surface area contributed by atoms with E-state index in [2.05, 4.69) is 0 Å². The van der Waals surface area contributed by atoms with Gasteiger partial charge in [0.25, 0.3) is 5.79 Å². The average Bonchev–Trinajstić information content (AvgIpc) is 1.65. The van der Waals surface area contributed by atoms with Crippen LogP contribution in [0.1, 0.15) is 6.92 Å². The van der Waals surface area contributed by atoms with E-state index in [9.17, 15) is 4.79 Å². The summed E-state index contributed by atoms with van der Waals surface area (Å²) in [6.45, 7) is 0.966. The zero-order chi connectivity index (χ0) is 7.65. The van der Waals surface area contributed by atoms with Crippen LogP contribution in [-0.4, -0.2) is 38.3 Å². The van der Waals surface area contributed by atoms with Crippen molar-refractivity contribution in [1.82, 2.24) is 0 Å². The van der Waals surface area contributed by atoms with Crippen LogP contribution in [-0.2, 0) is 30.6 Å². The molecule has 4 N–H and O–H groups in total. The molecular formula is C4H8HfO5. The first-order valence-electron chi connectivity index (χ1n) is 2.25. The Balaban J connectivity index is 0. The Morgan fingerprint density at radius 2 is 1.80 bits per heavy atom. The van der Waals surface area contributed by atoms with Crippen LogP contribution in [0.15, 0.2) is 0 Å². The van der Waals surface area contributed by atoms with Gasteiger partial charge in [-0.15, -0.1) is 0 Å². The minimum absolute atomic E-state index is 0. The molecule has 58 valence electrons. The summed E-state index contributed by atoms with van der Waals surface area (Å²) in [7, 11) is 0. The Bertz CT molecular complexity index is 121. The van der Waals surface area contributed by atoms with Gasteiger partial charge in [0.2, 0.25) is 0 Å². The second-order valence-electron chi connectivity index (χ2n) is 1.71. The Hall–Kier alpha value is 0.220. The maximum Gasteiger partial charge on any atom is 0.366 e. The van der Waals surface area contributed by atoms with E-state index in [1.54, 1.807) is 0 Å². The molecule has 0 aromatic rings. The minimum atomic E-state index is -3.03. The number of hydrogen-bond acceptors (Lipinski definition) is 4. The number of carboxylic acids is 1. The molecule has 5 nitrogen and oxygen atoms in total. The van der Waals surface area contributed by atoms with Crippen molar-refractivity contribution >= 4 is 5.97 Å². The molecule has 0 radical (unpaired) electrons. The van der Waals surface area contributed by atoms with Gasteiger partial charge >= 0.3 is 5.97 Å². The van der Waals surface area contributed by atoms with Crippen molar-refractivity contribution in [3.05, 3.63) is 0 Å². The largest absolute Gasteiger partial charge is 0.477 e. The van der Waals surface area contributed by atoms with Crippen LogP contribution >= 0.6 is 0 Å². The third-order valence-corrected chi connectivity index (χ3v) is 0.897. The first-order valence-corrected chi connectivity index (χ1v) is 2.25. The van der Waals surface area contributed by atoms with Crippen molar-refractivity contribution in [3.63, 3.8) is 0 Å². The van der Waals surface area contributed by atoms with Gasteiger partial charge in [-0.05, 0) is 6.92 Å². The Labute approximate surface area is 76.1 Å². The summed E-state index contributed by atoms with van der Waals surface area (Å²) in [5.74, 6) is -4.89. The standard InChI is InChI=1S/C4H8O5.Hf/c1-2(5)4(8,9)3(6)7;/h2,5,8-9H,1H3,(H,6,7);. The number of carbonyl (C=O) groups is 1. The summed E-state index contributed by atoms with van der Waals surface area (Å²) >= 11 is 0. The number of aliphatic hydroxyl groups excluding tert-OH is 1. The van der Waals surface area contributed by atoms with Crippen LogP contribution < -0.4 is 0 Å². The zero-order valence-corrected chi connectivity index (χ0v) is 8.87. The van der Waals surface area contributed by atoms with Crippen molar-refractivity contribution in [3.8, 4) is 0 Å². The molecule has 0 aromatic carbocycles. The van der Waals surface area contributed by atoms with Gasteiger partial charge in [-0.25, -0.2) is 4.79 Å². The quantitative estimate of drug-likeness (QED) is 0.354. The van der Waals surface area contributed by atoms with Crippen molar-refractivity contribution < 1.29 is 51.1 Å². The Kier molecular flexibility index (Phi) is 5.36. The number of rotatable bonds is 2. The zero-order valence-electron chi connectivity index (χ0n) is 5.27. The SMILES string of the molecule is CC(O)C(O)(O)C(=O)O.[Hf]. The van der Waals surface area contributed by atoms with E-state index < -0.39 is 17.9 Å². The van der Waals surface area contributed by atoms with Crippen molar-refractivity contribution in [2.24, 2.45) is 0 Å². The van der Waals surface area contributed by atoms with Gasteiger partial charge in [-0.2, -0.15) is 0 Å². The minimum Gasteiger partial charge on any atom is -0.477 e. The predicted octanol–water partition coefficient (Wildman–Crippen LogP) is -1.87. The molecule has 0 saturated heterocycles. The number of aliphatic hydroxyl groups is 3. The number of hydrogen-bond donors (Lipinski definition) is 4. The molecule has 0 aliphatic carbocycles. The molecule has 0 amide bonds. The third-order valence-electron chi connectivity index (χ3n) is 0.897. The predicted molar refractivity (Wildman–Crippen MR) is 26.5 cm³/mol. The summed E-state index contributed by atoms with van der Waals surface area (Å²) in [4.78, 5) is 9.80. The molecule has 0 saturated carbocycles. The Morgan fingerprint density at radius 1 is 1.50 bits per heavy atom. The molecule has 0 aromatic heterocycles. The molecule has 0 aliphatic heterocycles. The van der Waals surface area contributed by atoms with E-state index in [-0.39, 0.29) is 25.8 Å². The molecule has 6 heteroatoms. The fourth-order valence-electron chi connectivity index (χ4n) is 0.179. The summed E-state index contributed by atoms with van der Waals surface area (Å²) in [5.41, 5.74) is 0. The van der Waals surface area contributed by atoms with Gasteiger partial charge in [-0.1, -0.05) is 0 Å². The van der Waals surface area contributed by atoms with Crippen molar-refractivity contribution in [1.29, 1.82) is 0 Å². The van der Waals surface area contributed by atoms with Crippen LogP contribution in [0.2, 0.25) is 0 Å². The molecule has 0 bridgehead atoms. The molecule has 0 aliphatic rings. The van der Waals surface area contributed by atoms with E-state index in [4.69, 9.17) is 20.4 Å². The van der Waals surface area contributed by atoms with Gasteiger partial charge < -0.3 is 20.4 Å². The number of aliphatic carboxylic acids is 1. The second kappa shape index (κ2) is 4.17. The summed E-state index contributed by atoms with van der Waals surface area (Å²) in [5, 5.41) is 33.1. The van der Waals surface area contributed by atoms with Crippen LogP contribution in [0, 0.1) is 0 Å². The maximum atomic E-state index is 9.80. The van der Waals surface area contributed by atoms with E-state index in [1.165, 1.54) is 0 Å². The van der Waals surface area contributed by atoms with Crippen LogP contribution in [0.4, 0.5) is 0 Å². The average molecular weight is 315 g/mol. The second-order valence-corrected chi connectivity index (χ2v) is 1.71. The fourth-order valence-corrected chi connectivity index (χ4v) is 0.179. The van der Waals surface area contributed by atoms with E-state index in [0.29, 0.717) is 0 Å². The molecule has 1 unspecified atom stereocenters. The molecule has 0 rings (SSSR count). The molecule has 10 heavy (non-hydrogen) atoms.